The molecule has 1 rings (SSSR count). The SMILES string of the molecule is C=CCc1ccc(C(=O)OC)cc1[N+](=O)[O-]. The molecule has 0 aromatic heterocycles. The second-order valence-corrected chi connectivity index (χ2v) is 3.08. The van der Waals surface area contributed by atoms with Crippen molar-refractivity contribution in [2.24, 2.45) is 0 Å². The van der Waals surface area contributed by atoms with E-state index in [1.54, 1.807) is 6.08 Å². The fourth-order valence-corrected chi connectivity index (χ4v) is 1.31. The Bertz CT molecular complexity index is 440. The number of nitro groups is 1. The normalized spacial score (nSPS) is 9.56. The molecule has 0 radical (unpaired) electrons. The predicted molar refractivity (Wildman–Crippen MR) is 58.3 cm³/mol. The summed E-state index contributed by atoms with van der Waals surface area (Å²) in [6.45, 7) is 3.52. The predicted octanol–water partition coefficient (Wildman–Crippen LogP) is 2.11. The number of esters is 1. The van der Waals surface area contributed by atoms with Gasteiger partial charge in [-0.15, -0.1) is 6.58 Å². The van der Waals surface area contributed by atoms with Crippen molar-refractivity contribution in [1.82, 2.24) is 0 Å². The lowest BCUT2D eigenvalue weighted by Gasteiger charge is -2.02. The van der Waals surface area contributed by atoms with E-state index in [9.17, 15) is 14.9 Å². The molecule has 0 fully saturated rings. The third-order valence-electron chi connectivity index (χ3n) is 2.07. The number of nitrogens with zero attached hydrogens (tertiary/aromatic N) is 1. The van der Waals surface area contributed by atoms with Crippen molar-refractivity contribution < 1.29 is 14.5 Å². The first-order valence-corrected chi connectivity index (χ1v) is 4.56. The molecule has 0 saturated heterocycles. The highest BCUT2D eigenvalue weighted by atomic mass is 16.6. The van der Waals surface area contributed by atoms with Crippen molar-refractivity contribution in [2.75, 3.05) is 7.11 Å². The summed E-state index contributed by atoms with van der Waals surface area (Å²) in [6, 6.07) is 4.24. The molecule has 0 spiro atoms. The van der Waals surface area contributed by atoms with Gasteiger partial charge in [-0.25, -0.2) is 4.79 Å². The summed E-state index contributed by atoms with van der Waals surface area (Å²) < 4.78 is 4.49. The van der Waals surface area contributed by atoms with Gasteiger partial charge >= 0.3 is 5.97 Å². The maximum absolute atomic E-state index is 11.2. The van der Waals surface area contributed by atoms with E-state index in [-0.39, 0.29) is 11.3 Å². The molecular formula is C11H11NO4. The van der Waals surface area contributed by atoms with Gasteiger partial charge in [-0.1, -0.05) is 12.1 Å². The van der Waals surface area contributed by atoms with Crippen molar-refractivity contribution >= 4 is 11.7 Å². The number of rotatable bonds is 4. The fourth-order valence-electron chi connectivity index (χ4n) is 1.31. The minimum atomic E-state index is -0.590. The molecule has 0 bridgehead atoms. The number of methoxy groups -OCH3 is 1. The maximum atomic E-state index is 11.2. The van der Waals surface area contributed by atoms with Crippen LogP contribution in [0.25, 0.3) is 0 Å². The van der Waals surface area contributed by atoms with Gasteiger partial charge in [0.1, 0.15) is 0 Å². The Morgan fingerprint density at radius 3 is 2.81 bits per heavy atom. The lowest BCUT2D eigenvalue weighted by molar-refractivity contribution is -0.385. The van der Waals surface area contributed by atoms with Crippen molar-refractivity contribution in [3.8, 4) is 0 Å². The molecule has 1 aromatic rings. The summed E-state index contributed by atoms with van der Waals surface area (Å²) in [7, 11) is 1.23. The second kappa shape index (κ2) is 5.06. The zero-order valence-electron chi connectivity index (χ0n) is 8.80. The van der Waals surface area contributed by atoms with E-state index in [1.165, 1.54) is 25.3 Å². The average Bonchev–Trinajstić information content (AvgIpc) is 2.28. The van der Waals surface area contributed by atoms with Crippen LogP contribution in [0, 0.1) is 10.1 Å². The van der Waals surface area contributed by atoms with Crippen LogP contribution in [0.3, 0.4) is 0 Å². The topological polar surface area (TPSA) is 69.4 Å². The number of hydrogen-bond acceptors (Lipinski definition) is 4. The van der Waals surface area contributed by atoms with Gasteiger partial charge in [0.15, 0.2) is 0 Å². The molecule has 5 nitrogen and oxygen atoms in total. The van der Waals surface area contributed by atoms with E-state index in [0.717, 1.165) is 0 Å². The van der Waals surface area contributed by atoms with Crippen LogP contribution in [0.5, 0.6) is 0 Å². The molecule has 0 atom stereocenters. The number of allylic oxidation sites excluding steroid dienone is 1. The first-order valence-electron chi connectivity index (χ1n) is 4.56. The maximum Gasteiger partial charge on any atom is 0.338 e. The van der Waals surface area contributed by atoms with Crippen molar-refractivity contribution in [3.05, 3.63) is 52.1 Å². The van der Waals surface area contributed by atoms with Crippen LogP contribution in [0.4, 0.5) is 5.69 Å². The Hall–Kier alpha value is -2.17. The Kier molecular flexibility index (Phi) is 3.77. The van der Waals surface area contributed by atoms with Crippen molar-refractivity contribution in [2.45, 2.75) is 6.42 Å². The lowest BCUT2D eigenvalue weighted by atomic mass is 10.1. The molecule has 5 heteroatoms. The first kappa shape index (κ1) is 11.9. The largest absolute Gasteiger partial charge is 0.465 e. The van der Waals surface area contributed by atoms with Gasteiger partial charge in [-0.2, -0.15) is 0 Å². The van der Waals surface area contributed by atoms with Gasteiger partial charge < -0.3 is 4.74 Å². The molecular weight excluding hydrogens is 210 g/mol. The minimum absolute atomic E-state index is 0.0946. The summed E-state index contributed by atoms with van der Waals surface area (Å²) >= 11 is 0. The average molecular weight is 221 g/mol. The van der Waals surface area contributed by atoms with Gasteiger partial charge in [0.2, 0.25) is 0 Å². The number of carbonyl (C=O) groups excluding carboxylic acids is 1. The van der Waals surface area contributed by atoms with Gasteiger partial charge in [0.25, 0.3) is 5.69 Å². The zero-order valence-corrected chi connectivity index (χ0v) is 8.80. The second-order valence-electron chi connectivity index (χ2n) is 3.08. The highest BCUT2D eigenvalue weighted by Gasteiger charge is 2.16. The third kappa shape index (κ3) is 2.44. The van der Waals surface area contributed by atoms with Gasteiger partial charge in [0.05, 0.1) is 17.6 Å². The Labute approximate surface area is 92.5 Å². The summed E-state index contributed by atoms with van der Waals surface area (Å²) in [5.41, 5.74) is 0.595. The highest BCUT2D eigenvalue weighted by molar-refractivity contribution is 5.90. The number of ether oxygens (including phenoxy) is 1. The number of hydrogen-bond donors (Lipinski definition) is 0. The molecule has 0 aliphatic rings. The Morgan fingerprint density at radius 2 is 2.31 bits per heavy atom. The van der Waals surface area contributed by atoms with Crippen LogP contribution in [0.2, 0.25) is 0 Å². The molecule has 16 heavy (non-hydrogen) atoms. The third-order valence-corrected chi connectivity index (χ3v) is 2.07. The molecule has 0 unspecified atom stereocenters. The van der Waals surface area contributed by atoms with E-state index >= 15 is 0 Å². The molecule has 1 aromatic carbocycles. The Balaban J connectivity index is 3.22. The highest BCUT2D eigenvalue weighted by Crippen LogP contribution is 2.21. The van der Waals surface area contributed by atoms with E-state index in [0.29, 0.717) is 12.0 Å². The van der Waals surface area contributed by atoms with E-state index in [1.807, 2.05) is 0 Å². The molecule has 84 valence electrons. The van der Waals surface area contributed by atoms with Crippen molar-refractivity contribution in [1.29, 1.82) is 0 Å². The van der Waals surface area contributed by atoms with Crippen LogP contribution in [0.1, 0.15) is 15.9 Å². The van der Waals surface area contributed by atoms with E-state index < -0.39 is 10.9 Å². The number of carbonyl (C=O) groups is 1. The molecule has 0 aliphatic heterocycles. The monoisotopic (exact) mass is 221 g/mol. The molecule has 0 saturated carbocycles. The molecule has 0 N–H and O–H groups in total. The van der Waals surface area contributed by atoms with E-state index in [4.69, 9.17) is 0 Å². The summed E-state index contributed by atoms with van der Waals surface area (Å²) in [6.07, 6.45) is 1.96. The molecule has 0 heterocycles. The van der Waals surface area contributed by atoms with Crippen LogP contribution in [-0.2, 0) is 11.2 Å². The molecule has 0 aliphatic carbocycles. The number of benzene rings is 1. The first-order chi connectivity index (χ1) is 7.60. The quantitative estimate of drug-likeness (QED) is 0.338. The van der Waals surface area contributed by atoms with Gasteiger partial charge in [-0.05, 0) is 12.5 Å². The van der Waals surface area contributed by atoms with Gasteiger partial charge in [0, 0.05) is 11.6 Å². The summed E-state index contributed by atoms with van der Waals surface area (Å²) in [4.78, 5) is 21.4. The molecule has 0 amide bonds. The van der Waals surface area contributed by atoms with Crippen LogP contribution in [-0.4, -0.2) is 18.0 Å². The lowest BCUT2D eigenvalue weighted by Crippen LogP contribution is -2.03. The summed E-state index contributed by atoms with van der Waals surface area (Å²) in [5, 5.41) is 10.8. The van der Waals surface area contributed by atoms with Crippen LogP contribution >= 0.6 is 0 Å². The number of nitro benzene ring substituents is 1. The smallest absolute Gasteiger partial charge is 0.338 e. The Morgan fingerprint density at radius 1 is 1.62 bits per heavy atom. The fraction of sp³-hybridized carbons (Fsp3) is 0.182. The van der Waals surface area contributed by atoms with Crippen molar-refractivity contribution in [3.63, 3.8) is 0 Å². The summed E-state index contributed by atoms with van der Waals surface area (Å²) in [5.74, 6) is -0.590. The van der Waals surface area contributed by atoms with E-state index in [2.05, 4.69) is 11.3 Å². The van der Waals surface area contributed by atoms with Crippen LogP contribution in [0.15, 0.2) is 30.9 Å². The minimum Gasteiger partial charge on any atom is -0.465 e. The van der Waals surface area contributed by atoms with Crippen LogP contribution < -0.4 is 0 Å². The van der Waals surface area contributed by atoms with Gasteiger partial charge in [-0.3, -0.25) is 10.1 Å². The zero-order chi connectivity index (χ0) is 12.1. The standard InChI is InChI=1S/C11H11NO4/c1-3-4-8-5-6-9(11(13)16-2)7-10(8)12(14)15/h3,5-7H,1,4H2,2H3.